The molecular formula is C11HCl7F2N2. The van der Waals surface area contributed by atoms with Gasteiger partial charge in [0.25, 0.3) is 0 Å². The summed E-state index contributed by atoms with van der Waals surface area (Å²) in [7, 11) is 0. The Bertz CT molecular complexity index is 727. The monoisotopic (exact) mass is 444 g/mol. The summed E-state index contributed by atoms with van der Waals surface area (Å²) in [5.74, 6) is -2.55. The SMILES string of the molecule is Fc1nc(F)c(Cl)c(Nc2c(Cl)c(Cl)c(Cl)c(Cl)c2Cl)c1Cl. The Balaban J connectivity index is 2.68. The molecule has 0 saturated carbocycles. The molecule has 22 heavy (non-hydrogen) atoms. The third kappa shape index (κ3) is 3.16. The van der Waals surface area contributed by atoms with Crippen molar-refractivity contribution in [1.82, 2.24) is 4.98 Å². The minimum Gasteiger partial charge on any atom is -0.350 e. The number of benzene rings is 1. The third-order valence-electron chi connectivity index (χ3n) is 2.46. The molecule has 11 heteroatoms. The van der Waals surface area contributed by atoms with Crippen molar-refractivity contribution in [2.45, 2.75) is 0 Å². The molecule has 1 N–H and O–H groups in total. The van der Waals surface area contributed by atoms with Gasteiger partial charge in [-0.15, -0.1) is 0 Å². The molecule has 0 fully saturated rings. The van der Waals surface area contributed by atoms with Crippen LogP contribution in [0.25, 0.3) is 0 Å². The normalized spacial score (nSPS) is 11.0. The number of aromatic nitrogens is 1. The summed E-state index contributed by atoms with van der Waals surface area (Å²) >= 11 is 41.0. The highest BCUT2D eigenvalue weighted by molar-refractivity contribution is 6.56. The number of hydrogen-bond acceptors (Lipinski definition) is 2. The number of nitrogens with zero attached hydrogens (tertiary/aromatic N) is 1. The number of pyridine rings is 1. The van der Waals surface area contributed by atoms with Crippen LogP contribution in [-0.4, -0.2) is 4.98 Å². The van der Waals surface area contributed by atoms with E-state index < -0.39 is 21.9 Å². The lowest BCUT2D eigenvalue weighted by Crippen LogP contribution is -2.01. The van der Waals surface area contributed by atoms with Crippen LogP contribution in [0.2, 0.25) is 35.2 Å². The first-order chi connectivity index (χ1) is 10.2. The zero-order chi connectivity index (χ0) is 16.8. The van der Waals surface area contributed by atoms with E-state index in [2.05, 4.69) is 10.3 Å². The van der Waals surface area contributed by atoms with Crippen LogP contribution in [0.1, 0.15) is 0 Å². The van der Waals surface area contributed by atoms with Crippen molar-refractivity contribution in [1.29, 1.82) is 0 Å². The van der Waals surface area contributed by atoms with E-state index in [9.17, 15) is 8.78 Å². The van der Waals surface area contributed by atoms with Gasteiger partial charge in [0, 0.05) is 0 Å². The number of anilines is 2. The fourth-order valence-corrected chi connectivity index (χ4v) is 3.09. The molecule has 118 valence electrons. The van der Waals surface area contributed by atoms with Gasteiger partial charge in [-0.2, -0.15) is 13.8 Å². The highest BCUT2D eigenvalue weighted by atomic mass is 35.5. The second-order valence-electron chi connectivity index (χ2n) is 3.77. The Labute approximate surface area is 158 Å². The lowest BCUT2D eigenvalue weighted by atomic mass is 10.3. The third-order valence-corrected chi connectivity index (χ3v) is 5.42. The molecule has 0 radical (unpaired) electrons. The van der Waals surface area contributed by atoms with Crippen LogP contribution >= 0.6 is 81.2 Å². The fourth-order valence-electron chi connectivity index (χ4n) is 1.44. The molecule has 2 aromatic rings. The van der Waals surface area contributed by atoms with Crippen LogP contribution in [0.4, 0.5) is 20.2 Å². The minimum atomic E-state index is -1.27. The molecule has 0 aliphatic heterocycles. The van der Waals surface area contributed by atoms with Crippen LogP contribution in [0.5, 0.6) is 0 Å². The standard InChI is InChI=1S/C11HCl7F2N2/c12-1-2(13)4(15)8(5(16)3(1)14)21-9-6(17)10(19)22-11(20)7(9)18/h(H,21,22). The molecule has 0 amide bonds. The van der Waals surface area contributed by atoms with E-state index in [1.165, 1.54) is 0 Å². The first-order valence-electron chi connectivity index (χ1n) is 5.15. The molecule has 2 rings (SSSR count). The molecule has 0 bridgehead atoms. The van der Waals surface area contributed by atoms with Crippen LogP contribution in [0.15, 0.2) is 0 Å². The van der Waals surface area contributed by atoms with Gasteiger partial charge in [-0.25, -0.2) is 0 Å². The van der Waals surface area contributed by atoms with E-state index in [1.807, 2.05) is 0 Å². The van der Waals surface area contributed by atoms with Crippen LogP contribution in [-0.2, 0) is 0 Å². The van der Waals surface area contributed by atoms with Crippen LogP contribution < -0.4 is 5.32 Å². The maximum Gasteiger partial charge on any atom is 0.236 e. The van der Waals surface area contributed by atoms with Crippen molar-refractivity contribution < 1.29 is 8.78 Å². The van der Waals surface area contributed by atoms with E-state index in [-0.39, 0.29) is 36.5 Å². The number of hydrogen-bond donors (Lipinski definition) is 1. The van der Waals surface area contributed by atoms with E-state index >= 15 is 0 Å². The molecule has 0 aliphatic rings. The number of nitrogens with one attached hydrogen (secondary N) is 1. The summed E-state index contributed by atoms with van der Waals surface area (Å²) in [6, 6.07) is 0. The first-order valence-corrected chi connectivity index (χ1v) is 7.79. The van der Waals surface area contributed by atoms with Gasteiger partial charge in [0.15, 0.2) is 0 Å². The van der Waals surface area contributed by atoms with Crippen molar-refractivity contribution in [2.24, 2.45) is 0 Å². The summed E-state index contributed by atoms with van der Waals surface area (Å²) in [5.41, 5.74) is -0.414. The largest absolute Gasteiger partial charge is 0.350 e. The average molecular weight is 447 g/mol. The maximum atomic E-state index is 13.4. The van der Waals surface area contributed by atoms with Gasteiger partial charge < -0.3 is 5.32 Å². The molecule has 0 aliphatic carbocycles. The quantitative estimate of drug-likeness (QED) is 0.290. The Hall–Kier alpha value is 0.0600. The number of halogens is 9. The van der Waals surface area contributed by atoms with Gasteiger partial charge in [-0.1, -0.05) is 81.2 Å². The first kappa shape index (κ1) is 18.4. The van der Waals surface area contributed by atoms with Crippen molar-refractivity contribution in [3.63, 3.8) is 0 Å². The van der Waals surface area contributed by atoms with Gasteiger partial charge in [-0.05, 0) is 0 Å². The second kappa shape index (κ2) is 6.89. The van der Waals surface area contributed by atoms with Gasteiger partial charge in [-0.3, -0.25) is 0 Å². The summed E-state index contributed by atoms with van der Waals surface area (Å²) in [4.78, 5) is 2.89. The van der Waals surface area contributed by atoms with Crippen molar-refractivity contribution in [3.8, 4) is 0 Å². The van der Waals surface area contributed by atoms with Crippen LogP contribution in [0.3, 0.4) is 0 Å². The average Bonchev–Trinajstić information content (AvgIpc) is 2.48. The van der Waals surface area contributed by atoms with Gasteiger partial charge in [0.05, 0.1) is 36.5 Å². The summed E-state index contributed by atoms with van der Waals surface area (Å²) in [6.45, 7) is 0. The van der Waals surface area contributed by atoms with Gasteiger partial charge >= 0.3 is 0 Å². The smallest absolute Gasteiger partial charge is 0.236 e. The maximum absolute atomic E-state index is 13.4. The van der Waals surface area contributed by atoms with Crippen molar-refractivity contribution in [3.05, 3.63) is 47.1 Å². The van der Waals surface area contributed by atoms with Gasteiger partial charge in [0.2, 0.25) is 11.9 Å². The molecule has 0 saturated heterocycles. The molecule has 1 aromatic heterocycles. The topological polar surface area (TPSA) is 24.9 Å². The highest BCUT2D eigenvalue weighted by Gasteiger charge is 2.23. The lowest BCUT2D eigenvalue weighted by Gasteiger charge is -2.16. The summed E-state index contributed by atoms with van der Waals surface area (Å²) in [5, 5.41) is 0.794. The zero-order valence-electron chi connectivity index (χ0n) is 9.85. The van der Waals surface area contributed by atoms with E-state index in [0.717, 1.165) is 0 Å². The Kier molecular flexibility index (Phi) is 5.77. The lowest BCUT2D eigenvalue weighted by molar-refractivity contribution is 0.514. The van der Waals surface area contributed by atoms with Crippen molar-refractivity contribution >= 4 is 92.6 Å². The van der Waals surface area contributed by atoms with Crippen molar-refractivity contribution in [2.75, 3.05) is 5.32 Å². The predicted molar refractivity (Wildman–Crippen MR) is 88.9 cm³/mol. The molecule has 0 atom stereocenters. The van der Waals surface area contributed by atoms with E-state index in [0.29, 0.717) is 0 Å². The second-order valence-corrected chi connectivity index (χ2v) is 6.41. The fraction of sp³-hybridized carbons (Fsp3) is 0. The Morgan fingerprint density at radius 2 is 0.864 bits per heavy atom. The summed E-state index contributed by atoms with van der Waals surface area (Å²) < 4.78 is 26.9. The zero-order valence-corrected chi connectivity index (χ0v) is 15.1. The van der Waals surface area contributed by atoms with E-state index in [4.69, 9.17) is 81.2 Å². The highest BCUT2D eigenvalue weighted by Crippen LogP contribution is 2.49. The molecule has 0 unspecified atom stereocenters. The van der Waals surface area contributed by atoms with Gasteiger partial charge in [0.1, 0.15) is 10.0 Å². The molecule has 1 heterocycles. The number of rotatable bonds is 2. The minimum absolute atomic E-state index is 0.0727. The summed E-state index contributed by atoms with van der Waals surface area (Å²) in [6.07, 6.45) is 0. The molecule has 1 aromatic carbocycles. The van der Waals surface area contributed by atoms with E-state index in [1.54, 1.807) is 0 Å². The molecular weight excluding hydrogens is 446 g/mol. The van der Waals surface area contributed by atoms with Crippen LogP contribution in [0, 0.1) is 11.9 Å². The Morgan fingerprint density at radius 3 is 1.27 bits per heavy atom. The predicted octanol–water partition coefficient (Wildman–Crippen LogP) is 7.68. The Morgan fingerprint density at radius 1 is 0.545 bits per heavy atom. The molecule has 2 nitrogen and oxygen atoms in total. The molecule has 0 spiro atoms.